The van der Waals surface area contributed by atoms with Gasteiger partial charge in [0.25, 0.3) is 0 Å². The van der Waals surface area contributed by atoms with Crippen molar-refractivity contribution in [3.8, 4) is 0 Å². The molecule has 0 bridgehead atoms. The normalized spacial score (nSPS) is 25.4. The summed E-state index contributed by atoms with van der Waals surface area (Å²) >= 11 is 0. The van der Waals surface area contributed by atoms with E-state index in [-0.39, 0.29) is 0 Å². The third kappa shape index (κ3) is 2.81. The largest absolute Gasteiger partial charge is 0.481 e. The number of likely N-dealkylation sites (tertiary alicyclic amines) is 1. The van der Waals surface area contributed by atoms with Crippen molar-refractivity contribution < 1.29 is 9.90 Å². The molecule has 2 atom stereocenters. The molecule has 1 aromatic rings. The van der Waals surface area contributed by atoms with Crippen LogP contribution in [0.5, 0.6) is 0 Å². The number of nitrogens with zero attached hydrogens (tertiary/aromatic N) is 1. The van der Waals surface area contributed by atoms with Crippen LogP contribution in [0.2, 0.25) is 0 Å². The van der Waals surface area contributed by atoms with Crippen LogP contribution in [0.4, 0.5) is 0 Å². The number of hydrogen-bond donors (Lipinski definition) is 1. The Hall–Kier alpha value is -1.35. The summed E-state index contributed by atoms with van der Waals surface area (Å²) in [4.78, 5) is 13.9. The van der Waals surface area contributed by atoms with E-state index in [1.165, 1.54) is 5.56 Å². The summed E-state index contributed by atoms with van der Waals surface area (Å²) in [6, 6.07) is 10.6. The molecular weight excluding hydrogens is 238 g/mol. The highest BCUT2D eigenvalue weighted by Gasteiger charge is 2.45. The number of carboxylic acids is 1. The molecule has 1 N–H and O–H groups in total. The minimum absolute atomic E-state index is 0.291. The molecule has 2 unspecified atom stereocenters. The first-order valence-electron chi connectivity index (χ1n) is 7.11. The van der Waals surface area contributed by atoms with Crippen LogP contribution in [0.25, 0.3) is 0 Å². The van der Waals surface area contributed by atoms with Gasteiger partial charge in [-0.2, -0.15) is 0 Å². The van der Waals surface area contributed by atoms with Crippen molar-refractivity contribution >= 4 is 5.97 Å². The van der Waals surface area contributed by atoms with E-state index in [0.717, 1.165) is 25.8 Å². The Kier molecular flexibility index (Phi) is 4.25. The molecule has 104 valence electrons. The summed E-state index contributed by atoms with van der Waals surface area (Å²) < 4.78 is 0. The topological polar surface area (TPSA) is 40.5 Å². The maximum absolute atomic E-state index is 11.6. The smallest absolute Gasteiger partial charge is 0.310 e. The Labute approximate surface area is 115 Å². The molecular formula is C16H23NO2. The molecule has 1 aromatic carbocycles. The number of carboxylic acid groups (broad SMARTS) is 1. The molecule has 3 nitrogen and oxygen atoms in total. The van der Waals surface area contributed by atoms with Crippen LogP contribution in [-0.4, -0.2) is 29.1 Å². The van der Waals surface area contributed by atoms with Gasteiger partial charge in [0.05, 0.1) is 5.41 Å². The van der Waals surface area contributed by atoms with Crippen LogP contribution in [0, 0.1) is 5.41 Å². The van der Waals surface area contributed by atoms with Gasteiger partial charge in [-0.15, -0.1) is 0 Å². The van der Waals surface area contributed by atoms with E-state index in [4.69, 9.17) is 0 Å². The molecule has 0 aromatic heterocycles. The summed E-state index contributed by atoms with van der Waals surface area (Å²) in [6.07, 6.45) is 2.48. The number of hydrogen-bond acceptors (Lipinski definition) is 2. The second-order valence-corrected chi connectivity index (χ2v) is 5.64. The Morgan fingerprint density at radius 3 is 2.68 bits per heavy atom. The molecule has 0 spiro atoms. The summed E-state index contributed by atoms with van der Waals surface area (Å²) in [6.45, 7) is 5.78. The zero-order chi connectivity index (χ0) is 13.9. The molecule has 3 heteroatoms. The van der Waals surface area contributed by atoms with E-state index in [0.29, 0.717) is 12.6 Å². The second kappa shape index (κ2) is 5.74. The lowest BCUT2D eigenvalue weighted by atomic mass is 9.82. The van der Waals surface area contributed by atoms with Gasteiger partial charge in [0.1, 0.15) is 0 Å². The fourth-order valence-corrected chi connectivity index (χ4v) is 3.14. The average Bonchev–Trinajstić information content (AvgIpc) is 2.85. The summed E-state index contributed by atoms with van der Waals surface area (Å²) in [5.74, 6) is -0.628. The van der Waals surface area contributed by atoms with Gasteiger partial charge in [0, 0.05) is 12.6 Å². The molecule has 1 aliphatic rings. The molecule has 0 radical (unpaired) electrons. The first kappa shape index (κ1) is 14.1. The molecule has 0 amide bonds. The molecule has 1 saturated heterocycles. The summed E-state index contributed by atoms with van der Waals surface area (Å²) in [5, 5.41) is 9.54. The van der Waals surface area contributed by atoms with Crippen molar-refractivity contribution in [2.75, 3.05) is 13.1 Å². The monoisotopic (exact) mass is 261 g/mol. The van der Waals surface area contributed by atoms with Crippen molar-refractivity contribution in [2.45, 2.75) is 39.2 Å². The second-order valence-electron chi connectivity index (χ2n) is 5.64. The maximum Gasteiger partial charge on any atom is 0.310 e. The maximum atomic E-state index is 11.6. The highest BCUT2D eigenvalue weighted by Crippen LogP contribution is 2.39. The minimum atomic E-state index is -0.628. The molecule has 1 aliphatic heterocycles. The van der Waals surface area contributed by atoms with E-state index in [1.807, 2.05) is 18.2 Å². The van der Waals surface area contributed by atoms with Crippen LogP contribution < -0.4 is 0 Å². The lowest BCUT2D eigenvalue weighted by Gasteiger charge is -2.28. The van der Waals surface area contributed by atoms with Gasteiger partial charge < -0.3 is 5.11 Å². The third-order valence-corrected chi connectivity index (χ3v) is 4.40. The number of benzene rings is 1. The van der Waals surface area contributed by atoms with Gasteiger partial charge in [0.15, 0.2) is 0 Å². The average molecular weight is 261 g/mol. The predicted molar refractivity (Wildman–Crippen MR) is 76.0 cm³/mol. The van der Waals surface area contributed by atoms with Gasteiger partial charge in [-0.05, 0) is 31.9 Å². The first-order chi connectivity index (χ1) is 9.09. The Morgan fingerprint density at radius 1 is 1.42 bits per heavy atom. The van der Waals surface area contributed by atoms with Crippen molar-refractivity contribution in [1.82, 2.24) is 4.90 Å². The first-order valence-corrected chi connectivity index (χ1v) is 7.11. The lowest BCUT2D eigenvalue weighted by Crippen LogP contribution is -2.35. The number of carbonyl (C=O) groups is 1. The number of aliphatic carboxylic acids is 1. The van der Waals surface area contributed by atoms with Crippen LogP contribution in [-0.2, 0) is 4.79 Å². The molecule has 19 heavy (non-hydrogen) atoms. The van der Waals surface area contributed by atoms with Gasteiger partial charge in [-0.3, -0.25) is 9.69 Å². The summed E-state index contributed by atoms with van der Waals surface area (Å²) in [5.41, 5.74) is 0.734. The SMILES string of the molecule is CCCC1(C(=O)O)CCN(C(C)c2ccccc2)C1. The Morgan fingerprint density at radius 2 is 2.11 bits per heavy atom. The van der Waals surface area contributed by atoms with Crippen molar-refractivity contribution in [2.24, 2.45) is 5.41 Å². The molecule has 1 heterocycles. The van der Waals surface area contributed by atoms with Gasteiger partial charge in [-0.25, -0.2) is 0 Å². The van der Waals surface area contributed by atoms with E-state index in [1.54, 1.807) is 0 Å². The van der Waals surface area contributed by atoms with E-state index in [9.17, 15) is 9.90 Å². The van der Waals surface area contributed by atoms with Crippen LogP contribution in [0.15, 0.2) is 30.3 Å². The molecule has 1 fully saturated rings. The highest BCUT2D eigenvalue weighted by molar-refractivity contribution is 5.75. The minimum Gasteiger partial charge on any atom is -0.481 e. The van der Waals surface area contributed by atoms with Gasteiger partial charge >= 0.3 is 5.97 Å². The zero-order valence-electron chi connectivity index (χ0n) is 11.8. The third-order valence-electron chi connectivity index (χ3n) is 4.40. The molecule has 0 saturated carbocycles. The van der Waals surface area contributed by atoms with Crippen LogP contribution in [0.3, 0.4) is 0 Å². The Balaban J connectivity index is 2.11. The van der Waals surface area contributed by atoms with Crippen molar-refractivity contribution in [3.05, 3.63) is 35.9 Å². The Bertz CT molecular complexity index is 432. The van der Waals surface area contributed by atoms with Crippen molar-refractivity contribution in [3.63, 3.8) is 0 Å². The summed E-state index contributed by atoms with van der Waals surface area (Å²) in [7, 11) is 0. The standard InChI is InChI=1S/C16H23NO2/c1-3-9-16(15(18)19)10-11-17(12-16)13(2)14-7-5-4-6-8-14/h4-8,13H,3,9-12H2,1-2H3,(H,18,19). The fourth-order valence-electron chi connectivity index (χ4n) is 3.14. The quantitative estimate of drug-likeness (QED) is 0.884. The molecule has 2 rings (SSSR count). The van der Waals surface area contributed by atoms with Gasteiger partial charge in [0.2, 0.25) is 0 Å². The lowest BCUT2D eigenvalue weighted by molar-refractivity contribution is -0.148. The van der Waals surface area contributed by atoms with Crippen LogP contribution in [0.1, 0.15) is 44.7 Å². The van der Waals surface area contributed by atoms with Crippen molar-refractivity contribution in [1.29, 1.82) is 0 Å². The van der Waals surface area contributed by atoms with Gasteiger partial charge in [-0.1, -0.05) is 43.7 Å². The van der Waals surface area contributed by atoms with Crippen LogP contribution >= 0.6 is 0 Å². The zero-order valence-corrected chi connectivity index (χ0v) is 11.8. The predicted octanol–water partition coefficient (Wildman–Crippen LogP) is 3.32. The van der Waals surface area contributed by atoms with E-state index >= 15 is 0 Å². The number of rotatable bonds is 5. The highest BCUT2D eigenvalue weighted by atomic mass is 16.4. The fraction of sp³-hybridized carbons (Fsp3) is 0.562. The molecule has 0 aliphatic carbocycles. The van der Waals surface area contributed by atoms with E-state index < -0.39 is 11.4 Å². The van der Waals surface area contributed by atoms with E-state index in [2.05, 4.69) is 30.9 Å².